The molecule has 2 aromatic carbocycles. The Bertz CT molecular complexity index is 1190. The Kier molecular flexibility index (Phi) is 8.08. The van der Waals surface area contributed by atoms with Crippen LogP contribution in [0.3, 0.4) is 0 Å². The third-order valence-corrected chi connectivity index (χ3v) is 7.58. The van der Waals surface area contributed by atoms with Crippen LogP contribution in [0.4, 0.5) is 4.39 Å². The molecule has 2 aliphatic heterocycles. The molecule has 0 spiro atoms. The van der Waals surface area contributed by atoms with Gasteiger partial charge in [-0.15, -0.1) is 0 Å². The van der Waals surface area contributed by atoms with E-state index >= 15 is 0 Å². The van der Waals surface area contributed by atoms with E-state index < -0.39 is 0 Å². The number of benzene rings is 2. The zero-order valence-corrected chi connectivity index (χ0v) is 21.6. The minimum absolute atomic E-state index is 0.185. The Labute approximate surface area is 214 Å². The topological polar surface area (TPSA) is 34.8 Å². The van der Waals surface area contributed by atoms with Gasteiger partial charge in [0.25, 0.3) is 0 Å². The minimum atomic E-state index is -0.228. The van der Waals surface area contributed by atoms with Crippen LogP contribution in [-0.2, 0) is 17.7 Å². The summed E-state index contributed by atoms with van der Waals surface area (Å²) in [5.74, 6) is 2.53. The van der Waals surface area contributed by atoms with Crippen molar-refractivity contribution >= 4 is 16.5 Å². The van der Waals surface area contributed by atoms with Gasteiger partial charge < -0.3 is 13.9 Å². The molecule has 0 aliphatic carbocycles. The summed E-state index contributed by atoms with van der Waals surface area (Å²) in [5.41, 5.74) is 5.96. The number of hydrogen-bond acceptors (Lipinski definition) is 4. The Morgan fingerprint density at radius 3 is 2.69 bits per heavy atom. The highest BCUT2D eigenvalue weighted by Gasteiger charge is 2.27. The molecule has 0 bridgehead atoms. The molecule has 2 fully saturated rings. The van der Waals surface area contributed by atoms with Crippen molar-refractivity contribution in [1.82, 2.24) is 4.90 Å². The summed E-state index contributed by atoms with van der Waals surface area (Å²) in [5, 5.41) is 1.11. The fourth-order valence-corrected chi connectivity index (χ4v) is 5.45. The molecular formula is C31H38FNO3. The van der Waals surface area contributed by atoms with Gasteiger partial charge in [0, 0.05) is 37.6 Å². The Morgan fingerprint density at radius 2 is 1.94 bits per heavy atom. The van der Waals surface area contributed by atoms with Crippen LogP contribution >= 0.6 is 0 Å². The molecule has 5 rings (SSSR count). The maximum atomic E-state index is 12.8. The van der Waals surface area contributed by atoms with Gasteiger partial charge in [0.2, 0.25) is 0 Å². The average Bonchev–Trinajstić information content (AvgIpc) is 3.30. The normalized spacial score (nSPS) is 18.0. The molecule has 2 saturated heterocycles. The number of alkyl halides is 1. The molecule has 4 nitrogen and oxygen atoms in total. The van der Waals surface area contributed by atoms with Gasteiger partial charge >= 0.3 is 0 Å². The zero-order chi connectivity index (χ0) is 24.9. The first-order valence-electron chi connectivity index (χ1n) is 13.4. The lowest BCUT2D eigenvalue weighted by Gasteiger charge is -2.36. The van der Waals surface area contributed by atoms with Gasteiger partial charge in [-0.2, -0.15) is 0 Å². The van der Waals surface area contributed by atoms with Crippen molar-refractivity contribution < 1.29 is 18.3 Å². The highest BCUT2D eigenvalue weighted by Crippen LogP contribution is 2.35. The fraction of sp³-hybridized carbons (Fsp3) is 0.484. The summed E-state index contributed by atoms with van der Waals surface area (Å²) in [6.07, 6.45) is 7.88. The van der Waals surface area contributed by atoms with Crippen LogP contribution in [0.15, 0.2) is 53.0 Å². The maximum absolute atomic E-state index is 12.8. The summed E-state index contributed by atoms with van der Waals surface area (Å²) in [4.78, 5) is 2.25. The smallest absolute Gasteiger partial charge is 0.134 e. The van der Waals surface area contributed by atoms with Crippen molar-refractivity contribution in [2.75, 3.05) is 40.1 Å². The lowest BCUT2D eigenvalue weighted by molar-refractivity contribution is 0.0677. The summed E-state index contributed by atoms with van der Waals surface area (Å²) in [6.45, 7) is 6.02. The molecule has 0 amide bonds. The number of nitrogens with zero attached hydrogens (tertiary/aromatic N) is 1. The number of likely N-dealkylation sites (tertiary alicyclic amines) is 1. The van der Waals surface area contributed by atoms with E-state index in [4.69, 9.17) is 13.9 Å². The van der Waals surface area contributed by atoms with E-state index in [2.05, 4.69) is 60.4 Å². The van der Waals surface area contributed by atoms with E-state index in [1.807, 2.05) is 0 Å². The molecule has 1 aromatic heterocycles. The van der Waals surface area contributed by atoms with Gasteiger partial charge in [0.1, 0.15) is 17.1 Å². The fourth-order valence-electron chi connectivity index (χ4n) is 5.45. The summed E-state index contributed by atoms with van der Waals surface area (Å²) in [6, 6.07) is 15.2. The number of unbranched alkanes of at least 4 members (excludes halogenated alkanes) is 1. The number of methoxy groups -OCH3 is 1. The number of rotatable bonds is 10. The molecule has 2 aliphatic rings. The van der Waals surface area contributed by atoms with Gasteiger partial charge in [-0.05, 0) is 78.1 Å². The van der Waals surface area contributed by atoms with E-state index in [0.29, 0.717) is 5.92 Å². The first-order chi connectivity index (χ1) is 17.7. The van der Waals surface area contributed by atoms with Crippen LogP contribution in [0.25, 0.3) is 16.5 Å². The molecule has 192 valence electrons. The van der Waals surface area contributed by atoms with E-state index in [1.165, 1.54) is 22.3 Å². The summed E-state index contributed by atoms with van der Waals surface area (Å²) in [7, 11) is 1.73. The number of fused-ring (bicyclic) bond motifs is 1. The molecule has 0 unspecified atom stereocenters. The maximum Gasteiger partial charge on any atom is 0.134 e. The highest BCUT2D eigenvalue weighted by molar-refractivity contribution is 5.88. The van der Waals surface area contributed by atoms with E-state index in [1.54, 1.807) is 7.11 Å². The first-order valence-corrected chi connectivity index (χ1v) is 13.4. The van der Waals surface area contributed by atoms with Crippen molar-refractivity contribution in [2.45, 2.75) is 45.6 Å². The quantitative estimate of drug-likeness (QED) is 0.305. The number of allylic oxidation sites excluding steroid dienone is 1. The van der Waals surface area contributed by atoms with Crippen molar-refractivity contribution in [3.63, 3.8) is 0 Å². The van der Waals surface area contributed by atoms with Crippen LogP contribution in [0, 0.1) is 11.8 Å². The van der Waals surface area contributed by atoms with E-state index in [0.717, 1.165) is 87.4 Å². The Hall–Kier alpha value is -2.63. The van der Waals surface area contributed by atoms with Gasteiger partial charge in [-0.25, -0.2) is 0 Å². The minimum Gasteiger partial charge on any atom is -0.497 e. The summed E-state index contributed by atoms with van der Waals surface area (Å²) < 4.78 is 30.3. The lowest BCUT2D eigenvalue weighted by atomic mass is 9.87. The SMILES string of the molecule is CCCCc1cc(OC)ccc1/C(=C/C1CCOCC1)c1ccc2cc(CN3CC(CF)C3)oc2c1. The predicted octanol–water partition coefficient (Wildman–Crippen LogP) is 7.04. The predicted molar refractivity (Wildman–Crippen MR) is 143 cm³/mol. The van der Waals surface area contributed by atoms with Gasteiger partial charge in [-0.1, -0.05) is 37.6 Å². The number of ether oxygens (including phenoxy) is 2. The molecule has 3 aromatic rings. The van der Waals surface area contributed by atoms with Crippen molar-refractivity contribution in [3.05, 3.63) is 71.0 Å². The standard InChI is InChI=1S/C31H38FNO3/c1-3-4-5-24-15-27(34-2)8-9-29(24)30(14-22-10-12-35-13-11-22)25-6-7-26-16-28(36-31(26)17-25)21-33-19-23(18-32)20-33/h6-9,14-17,22-23H,3-5,10-13,18-21H2,1-2H3/b30-14+. The number of furan rings is 1. The van der Waals surface area contributed by atoms with Crippen LogP contribution in [0.2, 0.25) is 0 Å². The molecule has 0 N–H and O–H groups in total. The van der Waals surface area contributed by atoms with E-state index in [-0.39, 0.29) is 12.6 Å². The first kappa shape index (κ1) is 25.0. The Balaban J connectivity index is 1.50. The lowest BCUT2D eigenvalue weighted by Crippen LogP contribution is -2.46. The third kappa shape index (κ3) is 5.68. The molecular weight excluding hydrogens is 453 g/mol. The molecule has 36 heavy (non-hydrogen) atoms. The third-order valence-electron chi connectivity index (χ3n) is 7.58. The number of halogens is 1. The van der Waals surface area contributed by atoms with Crippen LogP contribution in [0.1, 0.15) is 55.1 Å². The molecule has 0 radical (unpaired) electrons. The second-order valence-corrected chi connectivity index (χ2v) is 10.3. The number of aryl methyl sites for hydroxylation is 1. The van der Waals surface area contributed by atoms with Gasteiger partial charge in [0.15, 0.2) is 0 Å². The monoisotopic (exact) mass is 491 g/mol. The summed E-state index contributed by atoms with van der Waals surface area (Å²) >= 11 is 0. The second kappa shape index (κ2) is 11.6. The van der Waals surface area contributed by atoms with Crippen molar-refractivity contribution in [2.24, 2.45) is 11.8 Å². The largest absolute Gasteiger partial charge is 0.497 e. The molecule has 0 atom stereocenters. The molecule has 3 heterocycles. The highest BCUT2D eigenvalue weighted by atomic mass is 19.1. The second-order valence-electron chi connectivity index (χ2n) is 10.3. The number of hydrogen-bond donors (Lipinski definition) is 0. The van der Waals surface area contributed by atoms with Crippen molar-refractivity contribution in [3.8, 4) is 5.75 Å². The molecule has 0 saturated carbocycles. The zero-order valence-electron chi connectivity index (χ0n) is 21.6. The average molecular weight is 492 g/mol. The van der Waals surface area contributed by atoms with Crippen molar-refractivity contribution in [1.29, 1.82) is 0 Å². The Morgan fingerprint density at radius 1 is 1.11 bits per heavy atom. The van der Waals surface area contributed by atoms with Gasteiger partial charge in [-0.3, -0.25) is 9.29 Å². The molecule has 5 heteroatoms. The van der Waals surface area contributed by atoms with E-state index in [9.17, 15) is 4.39 Å². The van der Waals surface area contributed by atoms with Crippen LogP contribution in [-0.4, -0.2) is 45.0 Å². The van der Waals surface area contributed by atoms with Crippen LogP contribution < -0.4 is 4.74 Å². The van der Waals surface area contributed by atoms with Gasteiger partial charge in [0.05, 0.1) is 20.3 Å². The van der Waals surface area contributed by atoms with Crippen LogP contribution in [0.5, 0.6) is 5.75 Å².